The third kappa shape index (κ3) is 4.78. The standard InChI is InChI=1S/C14H16N2O4S/c1-2-7-15-12(17)8-19-13(18)9-21-14-16-10-5-3-4-6-11(10)20-14/h3-6H,2,7-9H2,1H3,(H,15,17). The maximum atomic E-state index is 11.5. The molecule has 1 aromatic heterocycles. The summed E-state index contributed by atoms with van der Waals surface area (Å²) in [5.74, 6) is -0.723. The molecule has 0 fully saturated rings. The molecule has 0 saturated carbocycles. The molecule has 0 radical (unpaired) electrons. The second-order valence-electron chi connectivity index (χ2n) is 4.25. The first-order chi connectivity index (χ1) is 10.2. The molecule has 0 bridgehead atoms. The lowest BCUT2D eigenvalue weighted by atomic mass is 10.3. The summed E-state index contributed by atoms with van der Waals surface area (Å²) >= 11 is 1.14. The van der Waals surface area contributed by atoms with Crippen molar-refractivity contribution < 1.29 is 18.7 Å². The maximum absolute atomic E-state index is 11.5. The van der Waals surface area contributed by atoms with E-state index in [2.05, 4.69) is 10.3 Å². The van der Waals surface area contributed by atoms with Gasteiger partial charge in [-0.3, -0.25) is 9.59 Å². The molecule has 0 spiro atoms. The van der Waals surface area contributed by atoms with Crippen LogP contribution in [0, 0.1) is 0 Å². The molecule has 7 heteroatoms. The molecule has 1 amide bonds. The third-order valence-electron chi connectivity index (χ3n) is 2.52. The Kier molecular flexibility index (Phi) is 5.62. The minimum absolute atomic E-state index is 0.0495. The molecule has 1 heterocycles. The highest BCUT2D eigenvalue weighted by Gasteiger charge is 2.11. The summed E-state index contributed by atoms with van der Waals surface area (Å²) in [6.45, 7) is 2.27. The van der Waals surface area contributed by atoms with Crippen LogP contribution in [0.1, 0.15) is 13.3 Å². The smallest absolute Gasteiger partial charge is 0.316 e. The number of ether oxygens (including phenoxy) is 1. The zero-order valence-corrected chi connectivity index (χ0v) is 12.4. The lowest BCUT2D eigenvalue weighted by molar-refractivity contribution is -0.145. The van der Waals surface area contributed by atoms with Gasteiger partial charge in [0.2, 0.25) is 0 Å². The number of benzene rings is 1. The quantitative estimate of drug-likeness (QED) is 0.622. The van der Waals surface area contributed by atoms with Crippen LogP contribution in [0.5, 0.6) is 0 Å². The second-order valence-corrected chi connectivity index (χ2v) is 5.17. The summed E-state index contributed by atoms with van der Waals surface area (Å²) in [6.07, 6.45) is 0.841. The number of para-hydroxylation sites is 2. The summed E-state index contributed by atoms with van der Waals surface area (Å²) in [5.41, 5.74) is 1.42. The van der Waals surface area contributed by atoms with Gasteiger partial charge in [0.1, 0.15) is 11.3 Å². The van der Waals surface area contributed by atoms with E-state index in [9.17, 15) is 9.59 Å². The molecule has 0 atom stereocenters. The first-order valence-corrected chi connectivity index (χ1v) is 7.58. The molecule has 2 aromatic rings. The molecule has 1 aromatic carbocycles. The van der Waals surface area contributed by atoms with E-state index in [0.29, 0.717) is 17.4 Å². The molecule has 2 rings (SSSR count). The number of esters is 1. The number of nitrogens with zero attached hydrogens (tertiary/aromatic N) is 1. The van der Waals surface area contributed by atoms with Gasteiger partial charge in [0.15, 0.2) is 12.2 Å². The van der Waals surface area contributed by atoms with E-state index in [1.165, 1.54) is 0 Å². The fourth-order valence-corrected chi connectivity index (χ4v) is 2.17. The number of hydrogen-bond acceptors (Lipinski definition) is 6. The molecule has 21 heavy (non-hydrogen) atoms. The van der Waals surface area contributed by atoms with Crippen LogP contribution in [0.4, 0.5) is 0 Å². The maximum Gasteiger partial charge on any atom is 0.316 e. The number of fused-ring (bicyclic) bond motifs is 1. The SMILES string of the molecule is CCCNC(=O)COC(=O)CSc1nc2ccccc2o1. The molecule has 1 N–H and O–H groups in total. The number of aromatic nitrogens is 1. The number of carbonyl (C=O) groups is 2. The van der Waals surface area contributed by atoms with Crippen molar-refractivity contribution in [3.63, 3.8) is 0 Å². The van der Waals surface area contributed by atoms with Crippen LogP contribution in [0.15, 0.2) is 33.9 Å². The minimum Gasteiger partial charge on any atom is -0.455 e. The van der Waals surface area contributed by atoms with Crippen molar-refractivity contribution in [1.29, 1.82) is 0 Å². The Hall–Kier alpha value is -2.02. The van der Waals surface area contributed by atoms with Gasteiger partial charge in [-0.05, 0) is 18.6 Å². The molecule has 0 aliphatic heterocycles. The van der Waals surface area contributed by atoms with E-state index >= 15 is 0 Å². The highest BCUT2D eigenvalue weighted by atomic mass is 32.2. The van der Waals surface area contributed by atoms with Crippen molar-refractivity contribution >= 4 is 34.7 Å². The van der Waals surface area contributed by atoms with Gasteiger partial charge in [-0.15, -0.1) is 0 Å². The number of thioether (sulfide) groups is 1. The third-order valence-corrected chi connectivity index (χ3v) is 3.33. The monoisotopic (exact) mass is 308 g/mol. The van der Waals surface area contributed by atoms with E-state index in [1.807, 2.05) is 31.2 Å². The van der Waals surface area contributed by atoms with Crippen LogP contribution < -0.4 is 5.32 Å². The molecule has 0 aliphatic carbocycles. The van der Waals surface area contributed by atoms with Crippen LogP contribution in [0.25, 0.3) is 11.1 Å². The number of oxazole rings is 1. The van der Waals surface area contributed by atoms with Crippen LogP contribution in [0.2, 0.25) is 0 Å². The largest absolute Gasteiger partial charge is 0.455 e. The van der Waals surface area contributed by atoms with Gasteiger partial charge < -0.3 is 14.5 Å². The highest BCUT2D eigenvalue weighted by Crippen LogP contribution is 2.22. The van der Waals surface area contributed by atoms with E-state index in [0.717, 1.165) is 23.7 Å². The van der Waals surface area contributed by atoms with Gasteiger partial charge >= 0.3 is 5.97 Å². The number of amides is 1. The van der Waals surface area contributed by atoms with E-state index in [-0.39, 0.29) is 18.3 Å². The van der Waals surface area contributed by atoms with Gasteiger partial charge in [-0.2, -0.15) is 0 Å². The number of rotatable bonds is 7. The Balaban J connectivity index is 1.74. The van der Waals surface area contributed by atoms with Gasteiger partial charge in [-0.1, -0.05) is 30.8 Å². The Labute approximate surface area is 126 Å². The second kappa shape index (κ2) is 7.68. The molecule has 0 saturated heterocycles. The molecule has 0 unspecified atom stereocenters. The van der Waals surface area contributed by atoms with Crippen molar-refractivity contribution in [1.82, 2.24) is 10.3 Å². The number of nitrogens with one attached hydrogen (secondary N) is 1. The van der Waals surface area contributed by atoms with Crippen molar-refractivity contribution in [2.24, 2.45) is 0 Å². The van der Waals surface area contributed by atoms with Gasteiger partial charge in [-0.25, -0.2) is 4.98 Å². The first kappa shape index (κ1) is 15.4. The van der Waals surface area contributed by atoms with Crippen molar-refractivity contribution in [3.05, 3.63) is 24.3 Å². The zero-order valence-electron chi connectivity index (χ0n) is 11.6. The summed E-state index contributed by atoms with van der Waals surface area (Å²) in [7, 11) is 0. The van der Waals surface area contributed by atoms with Crippen LogP contribution in [-0.4, -0.2) is 35.8 Å². The van der Waals surface area contributed by atoms with Crippen molar-refractivity contribution in [3.8, 4) is 0 Å². The van der Waals surface area contributed by atoms with Crippen molar-refractivity contribution in [2.45, 2.75) is 18.6 Å². The van der Waals surface area contributed by atoms with Crippen molar-refractivity contribution in [2.75, 3.05) is 18.9 Å². The van der Waals surface area contributed by atoms with E-state index in [1.54, 1.807) is 0 Å². The summed E-state index contributed by atoms with van der Waals surface area (Å²) < 4.78 is 10.3. The normalized spacial score (nSPS) is 10.5. The summed E-state index contributed by atoms with van der Waals surface area (Å²) in [5, 5.41) is 3.03. The molecule has 6 nitrogen and oxygen atoms in total. The van der Waals surface area contributed by atoms with Gasteiger partial charge in [0.25, 0.3) is 11.1 Å². The van der Waals surface area contributed by atoms with E-state index in [4.69, 9.17) is 9.15 Å². The minimum atomic E-state index is -0.478. The fourth-order valence-electron chi connectivity index (χ4n) is 1.54. The predicted molar refractivity (Wildman–Crippen MR) is 79.0 cm³/mol. The molecule has 112 valence electrons. The average Bonchev–Trinajstić information content (AvgIpc) is 2.91. The van der Waals surface area contributed by atoms with Crippen LogP contribution in [0.3, 0.4) is 0 Å². The first-order valence-electron chi connectivity index (χ1n) is 6.59. The fraction of sp³-hybridized carbons (Fsp3) is 0.357. The summed E-state index contributed by atoms with van der Waals surface area (Å²) in [6, 6.07) is 7.36. The van der Waals surface area contributed by atoms with E-state index < -0.39 is 5.97 Å². The Morgan fingerprint density at radius 3 is 2.95 bits per heavy atom. The zero-order chi connectivity index (χ0) is 15.1. The topological polar surface area (TPSA) is 81.4 Å². The molecular weight excluding hydrogens is 292 g/mol. The Morgan fingerprint density at radius 1 is 1.38 bits per heavy atom. The van der Waals surface area contributed by atoms with Crippen LogP contribution >= 0.6 is 11.8 Å². The summed E-state index contributed by atoms with van der Waals surface area (Å²) in [4.78, 5) is 27.0. The number of hydrogen-bond donors (Lipinski definition) is 1. The van der Waals surface area contributed by atoms with Gasteiger partial charge in [0, 0.05) is 6.54 Å². The lowest BCUT2D eigenvalue weighted by Gasteiger charge is -2.04. The molecule has 0 aliphatic rings. The Morgan fingerprint density at radius 2 is 2.19 bits per heavy atom. The highest BCUT2D eigenvalue weighted by molar-refractivity contribution is 7.99. The Bertz CT molecular complexity index is 593. The predicted octanol–water partition coefficient (Wildman–Crippen LogP) is 1.99. The molecular formula is C14H16N2O4S. The van der Waals surface area contributed by atoms with Crippen LogP contribution in [-0.2, 0) is 14.3 Å². The number of carbonyl (C=O) groups excluding carboxylic acids is 2. The average molecular weight is 308 g/mol. The van der Waals surface area contributed by atoms with Gasteiger partial charge in [0.05, 0.1) is 0 Å². The lowest BCUT2D eigenvalue weighted by Crippen LogP contribution is -2.29.